The summed E-state index contributed by atoms with van der Waals surface area (Å²) >= 11 is 0. The SMILES string of the molecule is COc1ccc(C2C(C(=O)N3CCN(c4ccccc4)CC3)c3cc(OC)c(OC)cc3C(=O)N2C)cc1. The van der Waals surface area contributed by atoms with Crippen LogP contribution in [0.5, 0.6) is 17.2 Å². The van der Waals surface area contributed by atoms with Crippen molar-refractivity contribution in [2.24, 2.45) is 0 Å². The van der Waals surface area contributed by atoms with Gasteiger partial charge < -0.3 is 28.9 Å². The van der Waals surface area contributed by atoms with E-state index in [2.05, 4.69) is 17.0 Å². The number of carbonyl (C=O) groups is 2. The Balaban J connectivity index is 1.54. The summed E-state index contributed by atoms with van der Waals surface area (Å²) in [6.45, 7) is 2.67. The van der Waals surface area contributed by atoms with Gasteiger partial charge in [-0.05, 0) is 47.5 Å². The van der Waals surface area contributed by atoms with E-state index in [4.69, 9.17) is 14.2 Å². The van der Waals surface area contributed by atoms with Crippen LogP contribution in [0.4, 0.5) is 5.69 Å². The van der Waals surface area contributed by atoms with Crippen molar-refractivity contribution in [3.8, 4) is 17.2 Å². The molecule has 2 amide bonds. The Morgan fingerprint density at radius 2 is 1.45 bits per heavy atom. The van der Waals surface area contributed by atoms with E-state index >= 15 is 0 Å². The highest BCUT2D eigenvalue weighted by Gasteiger charge is 2.45. The van der Waals surface area contributed by atoms with E-state index in [9.17, 15) is 9.59 Å². The Labute approximate surface area is 223 Å². The minimum absolute atomic E-state index is 0.00801. The van der Waals surface area contributed by atoms with Gasteiger partial charge in [0.25, 0.3) is 5.91 Å². The van der Waals surface area contributed by atoms with Gasteiger partial charge in [-0.2, -0.15) is 0 Å². The molecule has 198 valence electrons. The van der Waals surface area contributed by atoms with Crippen molar-refractivity contribution < 1.29 is 23.8 Å². The summed E-state index contributed by atoms with van der Waals surface area (Å²) in [6.07, 6.45) is 0. The first kappa shape index (κ1) is 25.4. The fourth-order valence-electron chi connectivity index (χ4n) is 5.55. The average Bonchev–Trinajstić information content (AvgIpc) is 2.98. The van der Waals surface area contributed by atoms with E-state index in [-0.39, 0.29) is 11.8 Å². The number of likely N-dealkylation sites (N-methyl/N-ethyl adjacent to an activating group) is 1. The van der Waals surface area contributed by atoms with Gasteiger partial charge in [-0.25, -0.2) is 0 Å². The van der Waals surface area contributed by atoms with E-state index in [0.717, 1.165) is 24.3 Å². The van der Waals surface area contributed by atoms with Gasteiger partial charge in [0, 0.05) is 44.5 Å². The Morgan fingerprint density at radius 3 is 2.05 bits per heavy atom. The molecule has 2 heterocycles. The van der Waals surface area contributed by atoms with Gasteiger partial charge in [-0.1, -0.05) is 30.3 Å². The van der Waals surface area contributed by atoms with Crippen LogP contribution in [-0.4, -0.2) is 76.2 Å². The summed E-state index contributed by atoms with van der Waals surface area (Å²) in [5, 5.41) is 0. The van der Waals surface area contributed by atoms with Crippen molar-refractivity contribution in [3.63, 3.8) is 0 Å². The molecule has 5 rings (SSSR count). The quantitative estimate of drug-likeness (QED) is 0.495. The first-order valence-corrected chi connectivity index (χ1v) is 12.7. The monoisotopic (exact) mass is 515 g/mol. The van der Waals surface area contributed by atoms with Gasteiger partial charge in [-0.3, -0.25) is 9.59 Å². The van der Waals surface area contributed by atoms with Crippen LogP contribution >= 0.6 is 0 Å². The number of fused-ring (bicyclic) bond motifs is 1. The van der Waals surface area contributed by atoms with Gasteiger partial charge in [0.1, 0.15) is 5.75 Å². The molecule has 8 nitrogen and oxygen atoms in total. The largest absolute Gasteiger partial charge is 0.497 e. The third-order valence-electron chi connectivity index (χ3n) is 7.61. The molecule has 38 heavy (non-hydrogen) atoms. The lowest BCUT2D eigenvalue weighted by molar-refractivity contribution is -0.134. The number of amides is 2. The summed E-state index contributed by atoms with van der Waals surface area (Å²) in [7, 11) is 6.46. The summed E-state index contributed by atoms with van der Waals surface area (Å²) in [5.74, 6) is 0.878. The van der Waals surface area contributed by atoms with Crippen molar-refractivity contribution in [3.05, 3.63) is 83.4 Å². The minimum Gasteiger partial charge on any atom is -0.497 e. The third-order valence-corrected chi connectivity index (χ3v) is 7.61. The molecular formula is C30H33N3O5. The summed E-state index contributed by atoms with van der Waals surface area (Å²) < 4.78 is 16.4. The maximum Gasteiger partial charge on any atom is 0.254 e. The summed E-state index contributed by atoms with van der Waals surface area (Å²) in [5.41, 5.74) is 3.13. The number of hydrogen-bond donors (Lipinski definition) is 0. The molecule has 0 aromatic heterocycles. The molecule has 2 atom stereocenters. The number of hydrogen-bond acceptors (Lipinski definition) is 6. The van der Waals surface area contributed by atoms with Crippen LogP contribution in [0, 0.1) is 0 Å². The molecule has 2 aliphatic heterocycles. The van der Waals surface area contributed by atoms with Gasteiger partial charge in [0.15, 0.2) is 11.5 Å². The number of para-hydroxylation sites is 1. The molecule has 0 spiro atoms. The van der Waals surface area contributed by atoms with Crippen molar-refractivity contribution in [2.45, 2.75) is 12.0 Å². The zero-order chi connectivity index (χ0) is 26.8. The number of carbonyl (C=O) groups excluding carboxylic acids is 2. The van der Waals surface area contributed by atoms with Crippen LogP contribution in [-0.2, 0) is 4.79 Å². The molecule has 2 aliphatic rings. The molecule has 1 fully saturated rings. The molecule has 3 aromatic carbocycles. The summed E-state index contributed by atoms with van der Waals surface area (Å²) in [4.78, 5) is 33.8. The van der Waals surface area contributed by atoms with Crippen molar-refractivity contribution in [2.75, 3.05) is 59.5 Å². The van der Waals surface area contributed by atoms with E-state index in [0.29, 0.717) is 41.5 Å². The second kappa shape index (κ2) is 10.7. The number of rotatable bonds is 6. The lowest BCUT2D eigenvalue weighted by Crippen LogP contribution is -2.53. The number of benzene rings is 3. The number of anilines is 1. The molecule has 3 aromatic rings. The van der Waals surface area contributed by atoms with Crippen LogP contribution in [0.2, 0.25) is 0 Å². The van der Waals surface area contributed by atoms with Crippen molar-refractivity contribution in [1.29, 1.82) is 0 Å². The normalized spacial score (nSPS) is 19.2. The van der Waals surface area contributed by atoms with E-state index in [1.807, 2.05) is 47.4 Å². The first-order chi connectivity index (χ1) is 18.5. The van der Waals surface area contributed by atoms with Crippen LogP contribution in [0.3, 0.4) is 0 Å². The highest BCUT2D eigenvalue weighted by molar-refractivity contribution is 6.02. The van der Waals surface area contributed by atoms with Gasteiger partial charge >= 0.3 is 0 Å². The fraction of sp³-hybridized carbons (Fsp3) is 0.333. The molecule has 0 radical (unpaired) electrons. The minimum atomic E-state index is -0.607. The van der Waals surface area contributed by atoms with Crippen molar-refractivity contribution >= 4 is 17.5 Å². The van der Waals surface area contributed by atoms with Gasteiger partial charge in [0.2, 0.25) is 5.91 Å². The lowest BCUT2D eigenvalue weighted by atomic mass is 9.78. The predicted octanol–water partition coefficient (Wildman–Crippen LogP) is 3.97. The topological polar surface area (TPSA) is 71.5 Å². The zero-order valence-electron chi connectivity index (χ0n) is 22.2. The molecule has 0 aliphatic carbocycles. The Hall–Kier alpha value is -4.20. The summed E-state index contributed by atoms with van der Waals surface area (Å²) in [6, 6.07) is 20.8. The second-order valence-electron chi connectivity index (χ2n) is 9.55. The van der Waals surface area contributed by atoms with Gasteiger partial charge in [0.05, 0.1) is 33.3 Å². The molecule has 8 heteroatoms. The lowest BCUT2D eigenvalue weighted by Gasteiger charge is -2.43. The van der Waals surface area contributed by atoms with Crippen LogP contribution < -0.4 is 19.1 Å². The maximum atomic E-state index is 14.3. The number of nitrogens with zero attached hydrogens (tertiary/aromatic N) is 3. The second-order valence-corrected chi connectivity index (χ2v) is 9.55. The van der Waals surface area contributed by atoms with Crippen LogP contribution in [0.15, 0.2) is 66.7 Å². The number of piperazine rings is 1. The molecular weight excluding hydrogens is 482 g/mol. The molecule has 2 unspecified atom stereocenters. The average molecular weight is 516 g/mol. The Morgan fingerprint density at radius 1 is 0.816 bits per heavy atom. The molecule has 0 N–H and O–H groups in total. The van der Waals surface area contributed by atoms with Crippen LogP contribution in [0.1, 0.15) is 33.4 Å². The highest BCUT2D eigenvalue weighted by atomic mass is 16.5. The standard InChI is InChI=1S/C30H33N3O5/c1-31-28(20-10-12-22(36-2)13-11-20)27(23-18-25(37-3)26(38-4)19-24(23)29(31)34)30(35)33-16-14-32(15-17-33)21-8-6-5-7-9-21/h5-13,18-19,27-28H,14-17H2,1-4H3. The third kappa shape index (κ3) is 4.51. The predicted molar refractivity (Wildman–Crippen MR) is 145 cm³/mol. The fourth-order valence-corrected chi connectivity index (χ4v) is 5.55. The van der Waals surface area contributed by atoms with Crippen molar-refractivity contribution in [1.82, 2.24) is 9.80 Å². The zero-order valence-corrected chi connectivity index (χ0v) is 22.2. The molecule has 0 bridgehead atoms. The number of methoxy groups -OCH3 is 3. The first-order valence-electron chi connectivity index (χ1n) is 12.7. The number of ether oxygens (including phenoxy) is 3. The maximum absolute atomic E-state index is 14.3. The highest BCUT2D eigenvalue weighted by Crippen LogP contribution is 2.46. The van der Waals surface area contributed by atoms with E-state index in [1.54, 1.807) is 38.3 Å². The Kier molecular flexibility index (Phi) is 7.13. The van der Waals surface area contributed by atoms with E-state index in [1.165, 1.54) is 7.11 Å². The van der Waals surface area contributed by atoms with Crippen LogP contribution in [0.25, 0.3) is 0 Å². The Bertz CT molecular complexity index is 1300. The van der Waals surface area contributed by atoms with E-state index < -0.39 is 12.0 Å². The molecule has 1 saturated heterocycles. The smallest absolute Gasteiger partial charge is 0.254 e. The molecule has 0 saturated carbocycles. The van der Waals surface area contributed by atoms with Gasteiger partial charge in [-0.15, -0.1) is 0 Å².